The van der Waals surface area contributed by atoms with E-state index >= 15 is 0 Å². The maximum absolute atomic E-state index is 12.5. The number of rotatable bonds is 7. The van der Waals surface area contributed by atoms with E-state index in [0.717, 1.165) is 24.5 Å². The minimum absolute atomic E-state index is 0.128. The molecule has 3 rings (SSSR count). The number of piperazine rings is 1. The average Bonchev–Trinajstić information content (AvgIpc) is 3.26. The van der Waals surface area contributed by atoms with Crippen molar-refractivity contribution < 1.29 is 9.32 Å². The molecule has 10 nitrogen and oxygen atoms in total. The number of amides is 1. The van der Waals surface area contributed by atoms with Crippen molar-refractivity contribution in [1.29, 1.82) is 0 Å². The smallest absolute Gasteiger partial charge is 0.225 e. The van der Waals surface area contributed by atoms with Gasteiger partial charge in [-0.25, -0.2) is 9.97 Å². The van der Waals surface area contributed by atoms with Gasteiger partial charge in [0.2, 0.25) is 11.9 Å². The minimum atomic E-state index is 0.128. The SMILES string of the molecule is CN=C(NCCC(=O)N1CCN(c2ncccn2)CC1)NCc1cc(C(C)C)no1. The topological polar surface area (TPSA) is 112 Å². The molecule has 0 spiro atoms. The number of carbonyl (C=O) groups excluding carboxylic acids is 1. The lowest BCUT2D eigenvalue weighted by atomic mass is 10.1. The van der Waals surface area contributed by atoms with E-state index in [0.29, 0.717) is 50.4 Å². The number of aromatic nitrogens is 3. The third-order valence-electron chi connectivity index (χ3n) is 4.92. The molecular weight excluding hydrogens is 384 g/mol. The van der Waals surface area contributed by atoms with Crippen molar-refractivity contribution in [3.05, 3.63) is 36.0 Å². The highest BCUT2D eigenvalue weighted by atomic mass is 16.5. The molecule has 0 unspecified atom stereocenters. The molecule has 1 amide bonds. The summed E-state index contributed by atoms with van der Waals surface area (Å²) in [5, 5.41) is 10.4. The van der Waals surface area contributed by atoms with Crippen molar-refractivity contribution in [3.63, 3.8) is 0 Å². The summed E-state index contributed by atoms with van der Waals surface area (Å²) in [4.78, 5) is 29.2. The second-order valence-corrected chi connectivity index (χ2v) is 7.39. The molecule has 1 aliphatic rings. The molecule has 2 N–H and O–H groups in total. The van der Waals surface area contributed by atoms with E-state index in [1.165, 1.54) is 0 Å². The molecule has 0 bridgehead atoms. The van der Waals surface area contributed by atoms with Crippen LogP contribution < -0.4 is 15.5 Å². The highest BCUT2D eigenvalue weighted by Gasteiger charge is 2.22. The van der Waals surface area contributed by atoms with Gasteiger partial charge in [-0.15, -0.1) is 0 Å². The van der Waals surface area contributed by atoms with Crippen LogP contribution in [0.2, 0.25) is 0 Å². The maximum Gasteiger partial charge on any atom is 0.225 e. The Morgan fingerprint density at radius 3 is 2.57 bits per heavy atom. The Bertz CT molecular complexity index is 828. The van der Waals surface area contributed by atoms with Crippen molar-refractivity contribution in [3.8, 4) is 0 Å². The number of nitrogens with one attached hydrogen (secondary N) is 2. The van der Waals surface area contributed by atoms with Gasteiger partial charge in [-0.1, -0.05) is 19.0 Å². The fourth-order valence-electron chi connectivity index (χ4n) is 3.13. The van der Waals surface area contributed by atoms with Crippen LogP contribution in [0.3, 0.4) is 0 Å². The zero-order chi connectivity index (χ0) is 21.3. The Morgan fingerprint density at radius 2 is 1.93 bits per heavy atom. The van der Waals surface area contributed by atoms with Crippen LogP contribution in [0, 0.1) is 0 Å². The summed E-state index contributed by atoms with van der Waals surface area (Å²) >= 11 is 0. The van der Waals surface area contributed by atoms with Crippen LogP contribution in [0.4, 0.5) is 5.95 Å². The number of guanidine groups is 1. The monoisotopic (exact) mass is 414 g/mol. The summed E-state index contributed by atoms with van der Waals surface area (Å²) in [6.07, 6.45) is 3.87. The van der Waals surface area contributed by atoms with Crippen LogP contribution in [0.15, 0.2) is 34.0 Å². The molecule has 0 atom stereocenters. The molecule has 30 heavy (non-hydrogen) atoms. The molecule has 2 aromatic heterocycles. The van der Waals surface area contributed by atoms with Crippen LogP contribution in [0.5, 0.6) is 0 Å². The Kier molecular flexibility index (Phi) is 7.58. The van der Waals surface area contributed by atoms with Gasteiger partial charge in [0.1, 0.15) is 0 Å². The second-order valence-electron chi connectivity index (χ2n) is 7.39. The fourth-order valence-corrected chi connectivity index (χ4v) is 3.13. The third kappa shape index (κ3) is 5.91. The van der Waals surface area contributed by atoms with Crippen LogP contribution in [-0.4, -0.2) is 71.7 Å². The predicted octanol–water partition coefficient (Wildman–Crippen LogP) is 0.992. The second kappa shape index (κ2) is 10.6. The van der Waals surface area contributed by atoms with Crippen molar-refractivity contribution in [1.82, 2.24) is 30.7 Å². The summed E-state index contributed by atoms with van der Waals surface area (Å²) in [6, 6.07) is 3.74. The summed E-state index contributed by atoms with van der Waals surface area (Å²) in [5.41, 5.74) is 0.930. The van der Waals surface area contributed by atoms with Gasteiger partial charge in [-0.05, 0) is 12.0 Å². The first-order valence-corrected chi connectivity index (χ1v) is 10.3. The van der Waals surface area contributed by atoms with E-state index in [-0.39, 0.29) is 5.91 Å². The molecule has 2 aromatic rings. The normalized spacial score (nSPS) is 14.9. The van der Waals surface area contributed by atoms with Gasteiger partial charge in [0.25, 0.3) is 0 Å². The highest BCUT2D eigenvalue weighted by Crippen LogP contribution is 2.13. The molecule has 0 aromatic carbocycles. The number of nitrogens with zero attached hydrogens (tertiary/aromatic N) is 6. The summed E-state index contributed by atoms with van der Waals surface area (Å²) < 4.78 is 5.31. The summed E-state index contributed by atoms with van der Waals surface area (Å²) in [6.45, 7) is 7.96. The highest BCUT2D eigenvalue weighted by molar-refractivity contribution is 5.81. The van der Waals surface area contributed by atoms with Crippen LogP contribution in [-0.2, 0) is 11.3 Å². The molecule has 1 aliphatic heterocycles. The lowest BCUT2D eigenvalue weighted by Gasteiger charge is -2.34. The summed E-state index contributed by atoms with van der Waals surface area (Å²) in [7, 11) is 1.70. The zero-order valence-corrected chi connectivity index (χ0v) is 17.8. The standard InChI is InChI=1S/C20H30N8O2/c1-15(2)17-13-16(30-26-17)14-25-19(21-3)22-8-5-18(29)27-9-11-28(12-10-27)20-23-6-4-7-24-20/h4,6-7,13,15H,5,8-12,14H2,1-3H3,(H2,21,22,25). The average molecular weight is 415 g/mol. The van der Waals surface area contributed by atoms with Crippen molar-refractivity contribution in [2.45, 2.75) is 32.7 Å². The largest absolute Gasteiger partial charge is 0.359 e. The van der Waals surface area contributed by atoms with Gasteiger partial charge in [-0.3, -0.25) is 9.79 Å². The molecule has 0 radical (unpaired) electrons. The lowest BCUT2D eigenvalue weighted by molar-refractivity contribution is -0.131. The van der Waals surface area contributed by atoms with Crippen LogP contribution in [0.25, 0.3) is 0 Å². The number of hydrogen-bond donors (Lipinski definition) is 2. The van der Waals surface area contributed by atoms with Gasteiger partial charge in [0.05, 0.1) is 12.2 Å². The Labute approximate surface area is 176 Å². The quantitative estimate of drug-likeness (QED) is 0.510. The first-order valence-electron chi connectivity index (χ1n) is 10.3. The number of carbonyl (C=O) groups is 1. The van der Waals surface area contributed by atoms with E-state index < -0.39 is 0 Å². The van der Waals surface area contributed by atoms with Gasteiger partial charge in [0, 0.05) is 64.7 Å². The molecular formula is C20H30N8O2. The molecule has 1 saturated heterocycles. The molecule has 0 saturated carbocycles. The van der Waals surface area contributed by atoms with Crippen molar-refractivity contribution in [2.24, 2.45) is 4.99 Å². The molecule has 162 valence electrons. The molecule has 3 heterocycles. The fraction of sp³-hybridized carbons (Fsp3) is 0.550. The van der Waals surface area contributed by atoms with Crippen LogP contribution in [0.1, 0.15) is 37.6 Å². The predicted molar refractivity (Wildman–Crippen MR) is 114 cm³/mol. The van der Waals surface area contributed by atoms with Gasteiger partial charge >= 0.3 is 0 Å². The Hall–Kier alpha value is -3.17. The lowest BCUT2D eigenvalue weighted by Crippen LogP contribution is -2.50. The van der Waals surface area contributed by atoms with Gasteiger partial charge in [0.15, 0.2) is 11.7 Å². The Morgan fingerprint density at radius 1 is 1.20 bits per heavy atom. The molecule has 10 heteroatoms. The van der Waals surface area contributed by atoms with E-state index in [1.54, 1.807) is 25.5 Å². The van der Waals surface area contributed by atoms with Gasteiger partial charge in [-0.2, -0.15) is 0 Å². The number of anilines is 1. The number of aliphatic imine (C=N–C) groups is 1. The van der Waals surface area contributed by atoms with E-state index in [9.17, 15) is 4.79 Å². The van der Waals surface area contributed by atoms with Crippen molar-refractivity contribution in [2.75, 3.05) is 44.7 Å². The molecule has 0 aliphatic carbocycles. The Balaban J connectivity index is 1.36. The number of hydrogen-bond acceptors (Lipinski definition) is 7. The summed E-state index contributed by atoms with van der Waals surface area (Å²) in [5.74, 6) is 2.54. The first-order chi connectivity index (χ1) is 14.6. The minimum Gasteiger partial charge on any atom is -0.359 e. The molecule has 1 fully saturated rings. The van der Waals surface area contributed by atoms with E-state index in [1.807, 2.05) is 11.0 Å². The third-order valence-corrected chi connectivity index (χ3v) is 4.92. The van der Waals surface area contributed by atoms with Crippen LogP contribution >= 0.6 is 0 Å². The van der Waals surface area contributed by atoms with Crippen molar-refractivity contribution >= 4 is 17.8 Å². The zero-order valence-electron chi connectivity index (χ0n) is 17.8. The first kappa shape index (κ1) is 21.5. The van der Waals surface area contributed by atoms with Gasteiger partial charge < -0.3 is 25.0 Å². The maximum atomic E-state index is 12.5. The van der Waals surface area contributed by atoms with E-state index in [2.05, 4.69) is 49.5 Å². The van der Waals surface area contributed by atoms with E-state index in [4.69, 9.17) is 4.52 Å².